The summed E-state index contributed by atoms with van der Waals surface area (Å²) in [7, 11) is 0. The second-order valence-electron chi connectivity index (χ2n) is 12.4. The van der Waals surface area contributed by atoms with Crippen molar-refractivity contribution in [2.24, 2.45) is 45.3 Å². The van der Waals surface area contributed by atoms with E-state index in [1.165, 1.54) is 12.5 Å². The molecule has 0 spiro atoms. The normalized spacial score (nSPS) is 44.4. The molecule has 0 aromatic heterocycles. The van der Waals surface area contributed by atoms with Crippen molar-refractivity contribution in [1.82, 2.24) is 0 Å². The zero-order chi connectivity index (χ0) is 24.4. The Hall–Kier alpha value is -1.46. The molecule has 184 valence electrons. The summed E-state index contributed by atoms with van der Waals surface area (Å²) in [5.41, 5.74) is 0.267. The molecular weight excluding hydrogens is 416 g/mol. The Morgan fingerprint density at radius 3 is 2.48 bits per heavy atom. The van der Waals surface area contributed by atoms with Crippen molar-refractivity contribution in [2.45, 2.75) is 79.8 Å². The van der Waals surface area contributed by atoms with E-state index in [0.29, 0.717) is 12.8 Å². The van der Waals surface area contributed by atoms with Crippen molar-refractivity contribution in [3.8, 4) is 0 Å². The fraction of sp³-hybridized carbons (Fsp3) is 0.786. The maximum Gasteiger partial charge on any atom is 0.302 e. The van der Waals surface area contributed by atoms with Crippen LogP contribution in [0.1, 0.15) is 73.6 Å². The molecule has 33 heavy (non-hydrogen) atoms. The third-order valence-electron chi connectivity index (χ3n) is 10.6. The molecule has 4 aliphatic carbocycles. The Kier molecular flexibility index (Phi) is 6.01. The van der Waals surface area contributed by atoms with Crippen LogP contribution in [0, 0.1) is 45.3 Å². The SMILES string of the molecule is CC(=O)O[C@@H]1C[C@H]2C(C)(C)C(=O)C=C[C@]2(C)[C@H]2CC[C@]3(C)C(=CC[C@H]3[C@@H](CO)CCO)[C@@]21C. The third kappa shape index (κ3) is 3.32. The number of allylic oxidation sites excluding steroid dienone is 3. The fourth-order valence-electron chi connectivity index (χ4n) is 8.95. The van der Waals surface area contributed by atoms with Crippen LogP contribution >= 0.6 is 0 Å². The van der Waals surface area contributed by atoms with Crippen molar-refractivity contribution < 1.29 is 24.5 Å². The number of hydrogen-bond acceptors (Lipinski definition) is 5. The topological polar surface area (TPSA) is 83.8 Å². The Balaban J connectivity index is 1.82. The van der Waals surface area contributed by atoms with Crippen molar-refractivity contribution in [3.05, 3.63) is 23.8 Å². The van der Waals surface area contributed by atoms with Crippen LogP contribution in [-0.4, -0.2) is 41.3 Å². The highest BCUT2D eigenvalue weighted by molar-refractivity contribution is 5.95. The molecule has 0 unspecified atom stereocenters. The minimum absolute atomic E-state index is 0.0548. The molecule has 0 bridgehead atoms. The first-order valence-corrected chi connectivity index (χ1v) is 12.7. The van der Waals surface area contributed by atoms with Gasteiger partial charge in [0.25, 0.3) is 0 Å². The first kappa shape index (κ1) is 24.7. The lowest BCUT2D eigenvalue weighted by molar-refractivity contribution is -0.188. The molecule has 4 aliphatic rings. The molecule has 0 heterocycles. The molecule has 2 saturated carbocycles. The molecule has 0 aromatic carbocycles. The predicted octanol–water partition coefficient (Wildman–Crippen LogP) is 4.47. The summed E-state index contributed by atoms with van der Waals surface area (Å²) in [6.45, 7) is 12.7. The smallest absolute Gasteiger partial charge is 0.302 e. The van der Waals surface area contributed by atoms with Crippen molar-refractivity contribution in [2.75, 3.05) is 13.2 Å². The average Bonchev–Trinajstić information content (AvgIpc) is 3.09. The highest BCUT2D eigenvalue weighted by atomic mass is 16.5. The van der Waals surface area contributed by atoms with E-state index in [2.05, 4.69) is 32.9 Å². The lowest BCUT2D eigenvalue weighted by Crippen LogP contribution is -2.64. The highest BCUT2D eigenvalue weighted by Crippen LogP contribution is 2.72. The number of fused-ring (bicyclic) bond motifs is 5. The Morgan fingerprint density at radius 2 is 1.88 bits per heavy atom. The first-order chi connectivity index (χ1) is 15.4. The van der Waals surface area contributed by atoms with Gasteiger partial charge in [0.2, 0.25) is 0 Å². The van der Waals surface area contributed by atoms with E-state index in [4.69, 9.17) is 4.74 Å². The summed E-state index contributed by atoms with van der Waals surface area (Å²) >= 11 is 0. The number of ether oxygens (including phenoxy) is 1. The first-order valence-electron chi connectivity index (χ1n) is 12.7. The van der Waals surface area contributed by atoms with Gasteiger partial charge in [-0.25, -0.2) is 0 Å². The van der Waals surface area contributed by atoms with Gasteiger partial charge in [-0.15, -0.1) is 0 Å². The van der Waals surface area contributed by atoms with Gasteiger partial charge in [-0.2, -0.15) is 0 Å². The summed E-state index contributed by atoms with van der Waals surface area (Å²) in [4.78, 5) is 25.2. The van der Waals surface area contributed by atoms with E-state index in [1.54, 1.807) is 6.08 Å². The Labute approximate surface area is 198 Å². The largest absolute Gasteiger partial charge is 0.462 e. The molecule has 2 fully saturated rings. The van der Waals surface area contributed by atoms with Gasteiger partial charge >= 0.3 is 5.97 Å². The quantitative estimate of drug-likeness (QED) is 0.469. The molecule has 8 atom stereocenters. The summed E-state index contributed by atoms with van der Waals surface area (Å²) in [6.07, 6.45) is 10.2. The van der Waals surface area contributed by atoms with E-state index in [9.17, 15) is 19.8 Å². The molecule has 0 aliphatic heterocycles. The van der Waals surface area contributed by atoms with E-state index >= 15 is 0 Å². The molecule has 0 aromatic rings. The minimum Gasteiger partial charge on any atom is -0.462 e. The van der Waals surface area contributed by atoms with Crippen LogP contribution < -0.4 is 0 Å². The Morgan fingerprint density at radius 1 is 1.18 bits per heavy atom. The zero-order valence-electron chi connectivity index (χ0n) is 21.2. The zero-order valence-corrected chi connectivity index (χ0v) is 21.2. The van der Waals surface area contributed by atoms with Crippen molar-refractivity contribution in [1.29, 1.82) is 0 Å². The van der Waals surface area contributed by atoms with Crippen LogP contribution in [0.2, 0.25) is 0 Å². The van der Waals surface area contributed by atoms with Crippen LogP contribution in [0.5, 0.6) is 0 Å². The summed E-state index contributed by atoms with van der Waals surface area (Å²) in [5.74, 6) is 0.567. The number of aliphatic hydroxyl groups excluding tert-OH is 2. The van der Waals surface area contributed by atoms with Gasteiger partial charge in [0.1, 0.15) is 6.10 Å². The van der Waals surface area contributed by atoms with E-state index in [0.717, 1.165) is 19.3 Å². The van der Waals surface area contributed by atoms with Crippen LogP contribution in [0.3, 0.4) is 0 Å². The van der Waals surface area contributed by atoms with E-state index < -0.39 is 5.41 Å². The van der Waals surface area contributed by atoms with E-state index in [1.807, 2.05) is 13.8 Å². The monoisotopic (exact) mass is 458 g/mol. The number of aliphatic hydroxyl groups is 2. The van der Waals surface area contributed by atoms with Crippen LogP contribution in [0.15, 0.2) is 23.8 Å². The van der Waals surface area contributed by atoms with Crippen molar-refractivity contribution >= 4 is 11.8 Å². The molecule has 2 N–H and O–H groups in total. The number of esters is 1. The number of carbonyl (C=O) groups excluding carboxylic acids is 2. The summed E-state index contributed by atoms with van der Waals surface area (Å²) in [6, 6.07) is 0. The molecule has 0 saturated heterocycles. The van der Waals surface area contributed by atoms with Gasteiger partial charge in [-0.05, 0) is 72.7 Å². The van der Waals surface area contributed by atoms with Gasteiger partial charge in [-0.1, -0.05) is 52.3 Å². The second kappa shape index (κ2) is 8.05. The molecule has 0 radical (unpaired) electrons. The Bertz CT molecular complexity index is 887. The van der Waals surface area contributed by atoms with Gasteiger partial charge in [0, 0.05) is 31.0 Å². The van der Waals surface area contributed by atoms with E-state index in [-0.39, 0.29) is 71.0 Å². The number of ketones is 1. The molecule has 0 amide bonds. The van der Waals surface area contributed by atoms with Crippen LogP contribution in [-0.2, 0) is 14.3 Å². The van der Waals surface area contributed by atoms with Gasteiger partial charge in [-0.3, -0.25) is 9.59 Å². The van der Waals surface area contributed by atoms with Crippen molar-refractivity contribution in [3.63, 3.8) is 0 Å². The maximum absolute atomic E-state index is 12.9. The van der Waals surface area contributed by atoms with Crippen LogP contribution in [0.4, 0.5) is 0 Å². The molecule has 5 heteroatoms. The number of hydrogen-bond donors (Lipinski definition) is 2. The molecule has 4 rings (SSSR count). The lowest BCUT2D eigenvalue weighted by Gasteiger charge is -2.66. The highest BCUT2D eigenvalue weighted by Gasteiger charge is 2.68. The standard InChI is InChI=1S/C28H42O5/c1-17(31)33-24-15-22-25(2,3)23(32)10-13-27(22,5)21-9-12-26(4)19(18(16-30)11-14-29)7-8-20(26)28(21,24)6/h8,10,13,18-19,21-22,24,29-30H,7,9,11-12,14-16H2,1-6H3/t18-,19+,21-,22+,24-,26+,27-,28+/m1/s1. The average molecular weight is 459 g/mol. The molecular formula is C28H42O5. The molecule has 5 nitrogen and oxygen atoms in total. The van der Waals surface area contributed by atoms with Gasteiger partial charge in [0.05, 0.1) is 0 Å². The van der Waals surface area contributed by atoms with Gasteiger partial charge in [0.15, 0.2) is 5.78 Å². The van der Waals surface area contributed by atoms with Crippen LogP contribution in [0.25, 0.3) is 0 Å². The third-order valence-corrected chi connectivity index (χ3v) is 10.6. The maximum atomic E-state index is 12.9. The second-order valence-corrected chi connectivity index (χ2v) is 12.4. The predicted molar refractivity (Wildman–Crippen MR) is 127 cm³/mol. The number of rotatable bonds is 5. The summed E-state index contributed by atoms with van der Waals surface area (Å²) < 4.78 is 6.10. The number of carbonyl (C=O) groups is 2. The van der Waals surface area contributed by atoms with Gasteiger partial charge < -0.3 is 14.9 Å². The lowest BCUT2D eigenvalue weighted by atomic mass is 9.38. The fourth-order valence-corrected chi connectivity index (χ4v) is 8.95. The minimum atomic E-state index is -0.500. The summed E-state index contributed by atoms with van der Waals surface area (Å²) in [5, 5.41) is 19.7.